The average Bonchev–Trinajstić information content (AvgIpc) is 2.34. The molecular weight excluding hydrogens is 294 g/mol. The molecule has 10 heavy (non-hydrogen) atoms. The summed E-state index contributed by atoms with van der Waals surface area (Å²) in [5, 5.41) is 0. The second-order valence-electron chi connectivity index (χ2n) is 2.26. The van der Waals surface area contributed by atoms with Gasteiger partial charge >= 0.3 is 0 Å². The van der Waals surface area contributed by atoms with Crippen LogP contribution in [0.2, 0.25) is 0 Å². The Morgan fingerprint density at radius 1 is 1.70 bits per heavy atom. The van der Waals surface area contributed by atoms with Crippen LogP contribution in [-0.4, -0.2) is 5.71 Å². The Morgan fingerprint density at radius 3 is 2.70 bits per heavy atom. The van der Waals surface area contributed by atoms with Gasteiger partial charge in [0.2, 0.25) is 0 Å². The van der Waals surface area contributed by atoms with E-state index in [1.54, 1.807) is 0 Å². The van der Waals surface area contributed by atoms with Gasteiger partial charge in [-0.3, -0.25) is 4.99 Å². The van der Waals surface area contributed by atoms with Gasteiger partial charge in [0.1, 0.15) is 0 Å². The Labute approximate surface area is 76.9 Å². The molecule has 0 aromatic rings. The van der Waals surface area contributed by atoms with Gasteiger partial charge in [0.25, 0.3) is 0 Å². The molecule has 0 atom stereocenters. The molecule has 0 saturated carbocycles. The predicted octanol–water partition coefficient (Wildman–Crippen LogP) is 2.35. The summed E-state index contributed by atoms with van der Waals surface area (Å²) in [6, 6.07) is 0. The van der Waals surface area contributed by atoms with Crippen LogP contribution in [0.3, 0.4) is 0 Å². The molecule has 0 unspecified atom stereocenters. The van der Waals surface area contributed by atoms with Crippen LogP contribution in [0.4, 0.5) is 0 Å². The molecule has 1 aliphatic rings. The first-order valence-corrected chi connectivity index (χ1v) is 3.39. The largest absolute Gasteiger partial charge is 0.339 e. The van der Waals surface area contributed by atoms with E-state index in [4.69, 9.17) is 0 Å². The van der Waals surface area contributed by atoms with Gasteiger partial charge in [-0.15, -0.1) is 0 Å². The second kappa shape index (κ2) is 4.84. The molecule has 1 rings (SSSR count). The standard InChI is InChI=1S/C8H12N.W/c1-3-7-5-8(4-2)9-6-7;/h6H,1,3-5H2,2H3;/q-1;. The van der Waals surface area contributed by atoms with Crippen molar-refractivity contribution in [2.75, 3.05) is 0 Å². The molecular formula is C8H12NW-. The molecule has 0 radical (unpaired) electrons. The van der Waals surface area contributed by atoms with E-state index < -0.39 is 0 Å². The molecule has 0 aliphatic carbocycles. The summed E-state index contributed by atoms with van der Waals surface area (Å²) in [7, 11) is 0. The van der Waals surface area contributed by atoms with Gasteiger partial charge in [-0.1, -0.05) is 12.5 Å². The van der Waals surface area contributed by atoms with E-state index in [0.29, 0.717) is 0 Å². The smallest absolute Gasteiger partial charge is 0.0237 e. The maximum Gasteiger partial charge on any atom is 0.0237 e. The first-order valence-electron chi connectivity index (χ1n) is 3.39. The van der Waals surface area contributed by atoms with Crippen molar-refractivity contribution in [3.05, 3.63) is 18.7 Å². The van der Waals surface area contributed by atoms with Crippen molar-refractivity contribution in [2.24, 2.45) is 4.99 Å². The Kier molecular flexibility index (Phi) is 4.89. The minimum Gasteiger partial charge on any atom is -0.339 e. The molecule has 1 aliphatic heterocycles. The summed E-state index contributed by atoms with van der Waals surface area (Å²) in [6.45, 7) is 5.93. The number of hydrogen-bond acceptors (Lipinski definition) is 1. The van der Waals surface area contributed by atoms with Crippen LogP contribution in [0.25, 0.3) is 0 Å². The molecule has 0 bridgehead atoms. The van der Waals surface area contributed by atoms with Crippen LogP contribution >= 0.6 is 0 Å². The molecule has 0 amide bonds. The van der Waals surface area contributed by atoms with Crippen molar-refractivity contribution in [1.82, 2.24) is 0 Å². The molecule has 0 spiro atoms. The van der Waals surface area contributed by atoms with Gasteiger partial charge in [-0.2, -0.15) is 6.42 Å². The molecule has 1 heterocycles. The zero-order chi connectivity index (χ0) is 6.69. The summed E-state index contributed by atoms with van der Waals surface area (Å²) >= 11 is 0. The van der Waals surface area contributed by atoms with E-state index in [0.717, 1.165) is 19.3 Å². The van der Waals surface area contributed by atoms with Crippen LogP contribution in [0.1, 0.15) is 26.2 Å². The third-order valence-corrected chi connectivity index (χ3v) is 1.59. The zero-order valence-corrected chi connectivity index (χ0v) is 9.19. The number of allylic oxidation sites excluding steroid dienone is 1. The van der Waals surface area contributed by atoms with E-state index in [2.05, 4.69) is 18.8 Å². The van der Waals surface area contributed by atoms with Crippen molar-refractivity contribution >= 4 is 5.71 Å². The molecule has 0 N–H and O–H groups in total. The van der Waals surface area contributed by atoms with E-state index in [9.17, 15) is 0 Å². The zero-order valence-electron chi connectivity index (χ0n) is 6.26. The third-order valence-electron chi connectivity index (χ3n) is 1.59. The summed E-state index contributed by atoms with van der Waals surface area (Å²) in [6.07, 6.45) is 5.01. The Balaban J connectivity index is 0.000000810. The van der Waals surface area contributed by atoms with Gasteiger partial charge in [0, 0.05) is 39.4 Å². The molecule has 0 saturated heterocycles. The van der Waals surface area contributed by atoms with Crippen molar-refractivity contribution < 1.29 is 21.1 Å². The molecule has 1 nitrogen and oxygen atoms in total. The Hall–Kier alpha value is 0.0983. The van der Waals surface area contributed by atoms with Gasteiger partial charge in [0.15, 0.2) is 0 Å². The molecule has 0 aromatic heterocycles. The monoisotopic (exact) mass is 306 g/mol. The average molecular weight is 306 g/mol. The second-order valence-corrected chi connectivity index (χ2v) is 2.26. The summed E-state index contributed by atoms with van der Waals surface area (Å²) < 4.78 is 0. The Morgan fingerprint density at radius 2 is 2.40 bits per heavy atom. The van der Waals surface area contributed by atoms with Crippen LogP contribution in [-0.2, 0) is 21.1 Å². The van der Waals surface area contributed by atoms with Crippen molar-refractivity contribution in [1.29, 1.82) is 0 Å². The predicted molar refractivity (Wildman–Crippen MR) is 40.4 cm³/mol. The van der Waals surface area contributed by atoms with E-state index in [-0.39, 0.29) is 21.1 Å². The molecule has 0 fully saturated rings. The fraction of sp³-hybridized carbons (Fsp3) is 0.500. The first kappa shape index (κ1) is 10.1. The van der Waals surface area contributed by atoms with Crippen molar-refractivity contribution in [3.8, 4) is 0 Å². The molecule has 2 heteroatoms. The summed E-state index contributed by atoms with van der Waals surface area (Å²) in [4.78, 5) is 4.22. The van der Waals surface area contributed by atoms with Gasteiger partial charge in [0.05, 0.1) is 0 Å². The quantitative estimate of drug-likeness (QED) is 0.695. The number of nitrogens with zero attached hydrogens (tertiary/aromatic N) is 1. The normalized spacial score (nSPS) is 15.8. The molecule has 0 aromatic carbocycles. The SMILES string of the molecule is [CH2-]CC1=CN=C(CC)C1.[W]. The maximum absolute atomic E-state index is 4.22. The third kappa shape index (κ3) is 2.38. The van der Waals surface area contributed by atoms with Gasteiger partial charge in [-0.25, -0.2) is 0 Å². The minimum atomic E-state index is 0. The minimum absolute atomic E-state index is 0. The Bertz CT molecular complexity index is 141. The number of rotatable bonds is 2. The van der Waals surface area contributed by atoms with Crippen LogP contribution in [0.5, 0.6) is 0 Å². The molecule has 56 valence electrons. The van der Waals surface area contributed by atoms with Gasteiger partial charge < -0.3 is 6.92 Å². The summed E-state index contributed by atoms with van der Waals surface area (Å²) in [5.41, 5.74) is 2.67. The van der Waals surface area contributed by atoms with Crippen molar-refractivity contribution in [2.45, 2.75) is 26.2 Å². The van der Waals surface area contributed by atoms with Crippen LogP contribution in [0, 0.1) is 6.92 Å². The van der Waals surface area contributed by atoms with E-state index in [1.807, 2.05) is 6.20 Å². The van der Waals surface area contributed by atoms with Crippen molar-refractivity contribution in [3.63, 3.8) is 0 Å². The van der Waals surface area contributed by atoms with Crippen LogP contribution in [0.15, 0.2) is 16.8 Å². The van der Waals surface area contributed by atoms with E-state index in [1.165, 1.54) is 11.3 Å². The topological polar surface area (TPSA) is 12.4 Å². The fourth-order valence-electron chi connectivity index (χ4n) is 0.905. The fourth-order valence-corrected chi connectivity index (χ4v) is 0.905. The first-order chi connectivity index (χ1) is 4.36. The number of hydrogen-bond donors (Lipinski definition) is 0. The maximum atomic E-state index is 4.22. The number of aliphatic imine (C=N–C) groups is 1. The van der Waals surface area contributed by atoms with E-state index >= 15 is 0 Å². The summed E-state index contributed by atoms with van der Waals surface area (Å²) in [5.74, 6) is 0. The van der Waals surface area contributed by atoms with Gasteiger partial charge in [-0.05, 0) is 6.42 Å². The van der Waals surface area contributed by atoms with Crippen LogP contribution < -0.4 is 0 Å².